The van der Waals surface area contributed by atoms with E-state index in [9.17, 15) is 9.59 Å². The standard InChI is InChI=1S/C23H30ClN9O5/c1-5-33-30-20(29-31-33)17-16(36-12(3)34)18(37-13(4)35)22(38-17)32-10-25-15-19(27-23(24)28-21(15)32)26-14-8-6-11(2)7-9-14/h10-11,14,16-18,22H,5-9H2,1-4H3,(H,26,27,28)/t11-,14-,16-,17+,18-,22-/m1/s1. The Morgan fingerprint density at radius 2 is 1.84 bits per heavy atom. The van der Waals surface area contributed by atoms with Gasteiger partial charge < -0.3 is 19.5 Å². The first kappa shape index (κ1) is 26.2. The predicted octanol–water partition coefficient (Wildman–Crippen LogP) is 2.61. The monoisotopic (exact) mass is 547 g/mol. The molecule has 1 saturated carbocycles. The Bertz CT molecular complexity index is 1320. The molecule has 14 nitrogen and oxygen atoms in total. The van der Waals surface area contributed by atoms with Crippen LogP contribution in [0.15, 0.2) is 6.33 Å². The molecular weight excluding hydrogens is 518 g/mol. The number of carbonyl (C=O) groups excluding carboxylic acids is 2. The number of fused-ring (bicyclic) bond motifs is 1. The average Bonchev–Trinajstić information content (AvgIpc) is 3.58. The van der Waals surface area contributed by atoms with E-state index in [1.807, 2.05) is 6.92 Å². The first-order valence-electron chi connectivity index (χ1n) is 12.7. The van der Waals surface area contributed by atoms with Crippen molar-refractivity contribution in [2.24, 2.45) is 5.92 Å². The fraction of sp³-hybridized carbons (Fsp3) is 0.652. The second-order valence-corrected chi connectivity index (χ2v) is 10.0. The number of nitrogens with zero attached hydrogens (tertiary/aromatic N) is 8. The third-order valence-corrected chi connectivity index (χ3v) is 6.99. The molecule has 0 radical (unpaired) electrons. The SMILES string of the molecule is CCn1nnc([C@H]2O[C@@H](n3cnc4c(N[C@H]5CC[C@H](C)CC5)nc(Cl)nc43)[C@H](OC(C)=O)[C@@H]2OC(C)=O)n1. The van der Waals surface area contributed by atoms with Gasteiger partial charge in [0.05, 0.1) is 12.9 Å². The predicted molar refractivity (Wildman–Crippen MR) is 133 cm³/mol. The molecule has 4 heterocycles. The van der Waals surface area contributed by atoms with E-state index in [4.69, 9.17) is 25.8 Å². The molecule has 1 aliphatic heterocycles. The van der Waals surface area contributed by atoms with Crippen LogP contribution in [0.25, 0.3) is 11.2 Å². The number of aryl methyl sites for hydroxylation is 1. The van der Waals surface area contributed by atoms with Crippen LogP contribution in [-0.4, -0.2) is 69.9 Å². The van der Waals surface area contributed by atoms with Crippen molar-refractivity contribution < 1.29 is 23.8 Å². The summed E-state index contributed by atoms with van der Waals surface area (Å²) in [6, 6.07) is 0.243. The molecule has 0 unspecified atom stereocenters. The van der Waals surface area contributed by atoms with Gasteiger partial charge in [0.15, 0.2) is 41.5 Å². The largest absolute Gasteiger partial charge is 0.455 e. The van der Waals surface area contributed by atoms with Crippen LogP contribution in [0.4, 0.5) is 5.82 Å². The molecule has 38 heavy (non-hydrogen) atoms. The van der Waals surface area contributed by atoms with Crippen molar-refractivity contribution in [3.63, 3.8) is 0 Å². The van der Waals surface area contributed by atoms with Gasteiger partial charge in [-0.15, -0.1) is 10.2 Å². The summed E-state index contributed by atoms with van der Waals surface area (Å²) in [7, 11) is 0. The average molecular weight is 548 g/mol. The molecule has 1 saturated heterocycles. The maximum Gasteiger partial charge on any atom is 0.303 e. The van der Waals surface area contributed by atoms with Crippen molar-refractivity contribution in [3.8, 4) is 0 Å². The summed E-state index contributed by atoms with van der Waals surface area (Å²) in [6.07, 6.45) is 1.74. The van der Waals surface area contributed by atoms with E-state index in [1.54, 1.807) is 4.57 Å². The van der Waals surface area contributed by atoms with Gasteiger partial charge >= 0.3 is 11.9 Å². The van der Waals surface area contributed by atoms with E-state index in [-0.39, 0.29) is 17.1 Å². The molecule has 3 aromatic heterocycles. The van der Waals surface area contributed by atoms with E-state index >= 15 is 0 Å². The van der Waals surface area contributed by atoms with E-state index in [0.717, 1.165) is 25.7 Å². The second kappa shape index (κ2) is 10.8. The van der Waals surface area contributed by atoms with Crippen LogP contribution in [0, 0.1) is 5.92 Å². The minimum Gasteiger partial charge on any atom is -0.455 e. The molecule has 0 spiro atoms. The van der Waals surface area contributed by atoms with Crippen LogP contribution >= 0.6 is 11.6 Å². The topological polar surface area (TPSA) is 161 Å². The number of imidazole rings is 1. The molecule has 0 bridgehead atoms. The lowest BCUT2D eigenvalue weighted by Gasteiger charge is -2.27. The number of carbonyl (C=O) groups is 2. The molecular formula is C23H30ClN9O5. The Hall–Kier alpha value is -3.39. The number of ether oxygens (including phenoxy) is 3. The molecule has 4 atom stereocenters. The van der Waals surface area contributed by atoms with Crippen LogP contribution in [0.2, 0.25) is 5.28 Å². The highest BCUT2D eigenvalue weighted by Gasteiger charge is 2.53. The van der Waals surface area contributed by atoms with Crippen molar-refractivity contribution in [2.75, 3.05) is 5.32 Å². The van der Waals surface area contributed by atoms with Gasteiger partial charge in [-0.05, 0) is 55.3 Å². The normalized spacial score (nSPS) is 27.4. The van der Waals surface area contributed by atoms with E-state index < -0.39 is 36.5 Å². The van der Waals surface area contributed by atoms with Crippen molar-refractivity contribution in [2.45, 2.75) is 90.5 Å². The van der Waals surface area contributed by atoms with Gasteiger partial charge in [0.25, 0.3) is 0 Å². The highest BCUT2D eigenvalue weighted by molar-refractivity contribution is 6.28. The molecule has 5 rings (SSSR count). The first-order valence-corrected chi connectivity index (χ1v) is 13.1. The second-order valence-electron chi connectivity index (χ2n) is 9.70. The van der Waals surface area contributed by atoms with Crippen LogP contribution in [-0.2, 0) is 30.3 Å². The molecule has 1 aliphatic carbocycles. The van der Waals surface area contributed by atoms with Gasteiger partial charge in [-0.1, -0.05) is 6.92 Å². The number of rotatable bonds is 7. The lowest BCUT2D eigenvalue weighted by atomic mass is 9.87. The van der Waals surface area contributed by atoms with Crippen LogP contribution in [0.3, 0.4) is 0 Å². The van der Waals surface area contributed by atoms with Gasteiger partial charge in [0, 0.05) is 19.9 Å². The minimum absolute atomic E-state index is 0.0219. The van der Waals surface area contributed by atoms with E-state index in [2.05, 4.69) is 42.6 Å². The molecule has 2 fully saturated rings. The number of esters is 2. The smallest absolute Gasteiger partial charge is 0.303 e. The van der Waals surface area contributed by atoms with Crippen molar-refractivity contribution in [1.82, 2.24) is 39.7 Å². The first-order chi connectivity index (χ1) is 18.2. The Labute approximate surface area is 223 Å². The summed E-state index contributed by atoms with van der Waals surface area (Å²) in [5.74, 6) is 0.228. The van der Waals surface area contributed by atoms with E-state index in [0.29, 0.717) is 29.4 Å². The highest BCUT2D eigenvalue weighted by Crippen LogP contribution is 2.42. The molecule has 2 aliphatic rings. The number of hydrogen-bond acceptors (Lipinski definition) is 12. The van der Waals surface area contributed by atoms with Crippen molar-refractivity contribution in [1.29, 1.82) is 0 Å². The summed E-state index contributed by atoms with van der Waals surface area (Å²) in [5.41, 5.74) is 0.854. The number of hydrogen-bond donors (Lipinski definition) is 1. The van der Waals surface area contributed by atoms with Crippen molar-refractivity contribution >= 4 is 40.5 Å². The highest BCUT2D eigenvalue weighted by atomic mass is 35.5. The fourth-order valence-corrected chi connectivity index (χ4v) is 5.15. The quantitative estimate of drug-likeness (QED) is 0.340. The molecule has 15 heteroatoms. The van der Waals surface area contributed by atoms with Crippen LogP contribution < -0.4 is 5.32 Å². The molecule has 204 valence electrons. The molecule has 1 N–H and O–H groups in total. The van der Waals surface area contributed by atoms with Gasteiger partial charge in [-0.25, -0.2) is 4.98 Å². The zero-order valence-corrected chi connectivity index (χ0v) is 22.3. The molecule has 0 amide bonds. The van der Waals surface area contributed by atoms with E-state index in [1.165, 1.54) is 25.0 Å². The number of nitrogens with one attached hydrogen (secondary N) is 1. The lowest BCUT2D eigenvalue weighted by molar-refractivity contribution is -0.165. The van der Waals surface area contributed by atoms with Crippen molar-refractivity contribution in [3.05, 3.63) is 17.4 Å². The number of anilines is 1. The maximum atomic E-state index is 12.1. The third-order valence-electron chi connectivity index (χ3n) is 6.82. The maximum absolute atomic E-state index is 12.1. The fourth-order valence-electron chi connectivity index (χ4n) is 4.99. The lowest BCUT2D eigenvalue weighted by Crippen LogP contribution is -2.37. The van der Waals surface area contributed by atoms with Crippen LogP contribution in [0.5, 0.6) is 0 Å². The Morgan fingerprint density at radius 3 is 2.50 bits per heavy atom. The Morgan fingerprint density at radius 1 is 1.13 bits per heavy atom. The van der Waals surface area contributed by atoms with Gasteiger partial charge in [-0.3, -0.25) is 14.2 Å². The van der Waals surface area contributed by atoms with Crippen LogP contribution in [0.1, 0.15) is 71.5 Å². The summed E-state index contributed by atoms with van der Waals surface area (Å²) in [4.78, 5) is 38.8. The van der Waals surface area contributed by atoms with Gasteiger partial charge in [-0.2, -0.15) is 14.8 Å². The minimum atomic E-state index is -1.06. The Balaban J connectivity index is 1.53. The summed E-state index contributed by atoms with van der Waals surface area (Å²) in [6.45, 7) is 7.11. The number of tetrazole rings is 1. The third kappa shape index (κ3) is 5.27. The summed E-state index contributed by atoms with van der Waals surface area (Å²) >= 11 is 6.33. The van der Waals surface area contributed by atoms with Gasteiger partial charge in [0.1, 0.15) is 0 Å². The number of aromatic nitrogens is 8. The summed E-state index contributed by atoms with van der Waals surface area (Å²) < 4.78 is 19.1. The zero-order chi connectivity index (χ0) is 27.0. The summed E-state index contributed by atoms with van der Waals surface area (Å²) in [5, 5.41) is 15.9. The van der Waals surface area contributed by atoms with Gasteiger partial charge in [0.2, 0.25) is 11.1 Å². The Kier molecular flexibility index (Phi) is 7.43. The molecule has 0 aromatic carbocycles. The molecule has 3 aromatic rings. The zero-order valence-electron chi connectivity index (χ0n) is 21.6. The number of halogens is 1.